The molecule has 1 aromatic carbocycles. The molecule has 0 aliphatic heterocycles. The second kappa shape index (κ2) is 4.77. The molecule has 7 heteroatoms. The number of hydrogen-bond acceptors (Lipinski definition) is 5. The summed E-state index contributed by atoms with van der Waals surface area (Å²) < 4.78 is 30.8. The van der Waals surface area contributed by atoms with E-state index in [1.54, 1.807) is 0 Å². The zero-order valence-electron chi connectivity index (χ0n) is 8.66. The third kappa shape index (κ3) is 2.32. The Morgan fingerprint density at radius 3 is 2.12 bits per heavy atom. The smallest absolute Gasteiger partial charge is 0.379 e. The molecule has 2 N–H and O–H groups in total. The molecule has 0 atom stereocenters. The third-order valence-corrected chi connectivity index (χ3v) is 1.85. The maximum Gasteiger partial charge on any atom is 0.379 e. The summed E-state index contributed by atoms with van der Waals surface area (Å²) in [7, 11) is 0. The lowest BCUT2D eigenvalue weighted by Crippen LogP contribution is -2.20. The molecule has 1 rings (SSSR count). The van der Waals surface area contributed by atoms with E-state index >= 15 is 0 Å². The summed E-state index contributed by atoms with van der Waals surface area (Å²) in [6.45, 7) is 1.25. The summed E-state index contributed by atoms with van der Waals surface area (Å²) in [5.41, 5.74) is -1.35. The molecular weight excluding hydrogens is 238 g/mol. The minimum Gasteiger partial charge on any atom is -0.505 e. The minimum atomic E-state index is -1.63. The summed E-state index contributed by atoms with van der Waals surface area (Å²) >= 11 is 0. The van der Waals surface area contributed by atoms with E-state index in [0.29, 0.717) is 6.07 Å². The second-order valence-electron chi connectivity index (χ2n) is 2.97. The molecule has 0 amide bonds. The van der Waals surface area contributed by atoms with E-state index in [1.807, 2.05) is 0 Å². The number of phenolic OH excluding ortho intramolecular Hbond substituents is 2. The fourth-order valence-corrected chi connectivity index (χ4v) is 1.11. The Hall–Kier alpha value is -2.18. The highest BCUT2D eigenvalue weighted by Gasteiger charge is 2.29. The Bertz CT molecular complexity index is 458. The fraction of sp³-hybridized carbons (Fsp3) is 0.200. The first-order chi connectivity index (χ1) is 7.90. The molecule has 0 saturated heterocycles. The van der Waals surface area contributed by atoms with E-state index < -0.39 is 40.4 Å². The number of ether oxygens (including phenoxy) is 1. The van der Waals surface area contributed by atoms with Gasteiger partial charge >= 0.3 is 5.97 Å². The Morgan fingerprint density at radius 1 is 1.24 bits per heavy atom. The van der Waals surface area contributed by atoms with Crippen LogP contribution in [0.4, 0.5) is 8.78 Å². The van der Waals surface area contributed by atoms with Crippen molar-refractivity contribution in [2.24, 2.45) is 0 Å². The number of benzene rings is 1. The molecule has 0 bridgehead atoms. The normalized spacial score (nSPS) is 10.1. The van der Waals surface area contributed by atoms with Gasteiger partial charge in [0.25, 0.3) is 5.78 Å². The van der Waals surface area contributed by atoms with Crippen molar-refractivity contribution in [3.63, 3.8) is 0 Å². The van der Waals surface area contributed by atoms with Gasteiger partial charge in [0.05, 0.1) is 6.61 Å². The summed E-state index contributed by atoms with van der Waals surface area (Å²) in [6, 6.07) is 0.382. The van der Waals surface area contributed by atoms with Crippen molar-refractivity contribution < 1.29 is 33.3 Å². The van der Waals surface area contributed by atoms with Crippen LogP contribution in [-0.4, -0.2) is 28.6 Å². The molecule has 0 heterocycles. The number of rotatable bonds is 3. The molecule has 0 aromatic heterocycles. The number of hydrogen-bond donors (Lipinski definition) is 2. The molecule has 0 aliphatic carbocycles. The van der Waals surface area contributed by atoms with Crippen molar-refractivity contribution in [2.45, 2.75) is 6.92 Å². The maximum absolute atomic E-state index is 13.3. The summed E-state index contributed by atoms with van der Waals surface area (Å²) in [5, 5.41) is 17.9. The number of ketones is 1. The third-order valence-electron chi connectivity index (χ3n) is 1.85. The number of Topliss-reactive ketones (excluding diaryl/α,β-unsaturated/α-hetero) is 1. The van der Waals surface area contributed by atoms with Crippen LogP contribution in [0, 0.1) is 11.6 Å². The highest BCUT2D eigenvalue weighted by atomic mass is 19.1. The molecule has 0 unspecified atom stereocenters. The monoisotopic (exact) mass is 246 g/mol. The molecule has 0 spiro atoms. The lowest BCUT2D eigenvalue weighted by molar-refractivity contribution is -0.137. The van der Waals surface area contributed by atoms with Gasteiger partial charge < -0.3 is 14.9 Å². The predicted octanol–water partition coefficient (Wildman–Crippen LogP) is 1.12. The van der Waals surface area contributed by atoms with Gasteiger partial charge in [0.1, 0.15) is 5.56 Å². The quantitative estimate of drug-likeness (QED) is 0.474. The minimum absolute atomic E-state index is 0.154. The van der Waals surface area contributed by atoms with Crippen LogP contribution in [0.5, 0.6) is 11.5 Å². The number of carbonyl (C=O) groups is 2. The molecule has 17 heavy (non-hydrogen) atoms. The Kier molecular flexibility index (Phi) is 3.62. The molecule has 5 nitrogen and oxygen atoms in total. The van der Waals surface area contributed by atoms with Crippen molar-refractivity contribution in [3.05, 3.63) is 23.3 Å². The van der Waals surface area contributed by atoms with E-state index in [1.165, 1.54) is 6.92 Å². The van der Waals surface area contributed by atoms with Gasteiger partial charge in [-0.25, -0.2) is 13.6 Å². The first-order valence-electron chi connectivity index (χ1n) is 4.51. The molecule has 1 aromatic rings. The van der Waals surface area contributed by atoms with Crippen LogP contribution in [-0.2, 0) is 9.53 Å². The molecule has 0 fully saturated rings. The number of aromatic hydroxyl groups is 2. The molecular formula is C10H8F2O5. The number of halogens is 2. The predicted molar refractivity (Wildman–Crippen MR) is 50.7 cm³/mol. The van der Waals surface area contributed by atoms with Crippen molar-refractivity contribution in [1.29, 1.82) is 0 Å². The average Bonchev–Trinajstić information content (AvgIpc) is 2.27. The Labute approximate surface area is 94.2 Å². The van der Waals surface area contributed by atoms with Crippen LogP contribution < -0.4 is 0 Å². The maximum atomic E-state index is 13.3. The van der Waals surface area contributed by atoms with Crippen molar-refractivity contribution in [3.8, 4) is 11.5 Å². The van der Waals surface area contributed by atoms with Crippen molar-refractivity contribution >= 4 is 11.8 Å². The van der Waals surface area contributed by atoms with Gasteiger partial charge in [-0.2, -0.15) is 0 Å². The van der Waals surface area contributed by atoms with Crippen LogP contribution >= 0.6 is 0 Å². The zero-order chi connectivity index (χ0) is 13.2. The highest BCUT2D eigenvalue weighted by molar-refractivity contribution is 6.40. The van der Waals surface area contributed by atoms with Crippen LogP contribution in [0.1, 0.15) is 17.3 Å². The topological polar surface area (TPSA) is 83.8 Å². The van der Waals surface area contributed by atoms with Gasteiger partial charge in [0.15, 0.2) is 23.1 Å². The van der Waals surface area contributed by atoms with Crippen molar-refractivity contribution in [1.82, 2.24) is 0 Å². The second-order valence-corrected chi connectivity index (χ2v) is 2.97. The number of carbonyl (C=O) groups excluding carboxylic acids is 2. The van der Waals surface area contributed by atoms with Crippen LogP contribution in [0.15, 0.2) is 6.07 Å². The Morgan fingerprint density at radius 2 is 1.71 bits per heavy atom. The van der Waals surface area contributed by atoms with Gasteiger partial charge in [-0.05, 0) is 6.92 Å². The summed E-state index contributed by atoms with van der Waals surface area (Å²) in [5.74, 6) is -8.63. The lowest BCUT2D eigenvalue weighted by Gasteiger charge is -2.06. The van der Waals surface area contributed by atoms with Gasteiger partial charge in [0.2, 0.25) is 0 Å². The fourth-order valence-electron chi connectivity index (χ4n) is 1.11. The summed E-state index contributed by atoms with van der Waals surface area (Å²) in [4.78, 5) is 22.3. The molecule has 0 aliphatic rings. The van der Waals surface area contributed by atoms with E-state index in [0.717, 1.165) is 0 Å². The Balaban J connectivity index is 3.31. The molecule has 92 valence electrons. The largest absolute Gasteiger partial charge is 0.505 e. The van der Waals surface area contributed by atoms with E-state index in [9.17, 15) is 18.4 Å². The van der Waals surface area contributed by atoms with Crippen LogP contribution in [0.25, 0.3) is 0 Å². The SMILES string of the molecule is CCOC(=O)C(=O)c1c(F)c(O)cc(O)c1F. The van der Waals surface area contributed by atoms with E-state index in [-0.39, 0.29) is 6.61 Å². The van der Waals surface area contributed by atoms with Gasteiger partial charge in [-0.3, -0.25) is 4.79 Å². The standard InChI is InChI=1S/C10H8F2O5/c1-2-17-10(16)9(15)6-7(11)4(13)3-5(14)8(6)12/h3,13-14H,2H2,1H3. The van der Waals surface area contributed by atoms with Gasteiger partial charge in [-0.15, -0.1) is 0 Å². The van der Waals surface area contributed by atoms with E-state index in [4.69, 9.17) is 10.2 Å². The van der Waals surface area contributed by atoms with Crippen LogP contribution in [0.2, 0.25) is 0 Å². The lowest BCUT2D eigenvalue weighted by atomic mass is 10.1. The molecule has 0 radical (unpaired) electrons. The summed E-state index contributed by atoms with van der Waals surface area (Å²) in [6.07, 6.45) is 0. The highest BCUT2D eigenvalue weighted by Crippen LogP contribution is 2.30. The van der Waals surface area contributed by atoms with Crippen molar-refractivity contribution in [2.75, 3.05) is 6.61 Å². The van der Waals surface area contributed by atoms with Gasteiger partial charge in [-0.1, -0.05) is 0 Å². The van der Waals surface area contributed by atoms with Gasteiger partial charge in [0, 0.05) is 6.07 Å². The van der Waals surface area contributed by atoms with Crippen LogP contribution in [0.3, 0.4) is 0 Å². The zero-order valence-corrected chi connectivity index (χ0v) is 8.66. The first-order valence-corrected chi connectivity index (χ1v) is 4.51. The number of phenols is 2. The first kappa shape index (κ1) is 12.9. The number of esters is 1. The molecule has 0 saturated carbocycles. The average molecular weight is 246 g/mol. The van der Waals surface area contributed by atoms with E-state index in [2.05, 4.69) is 4.74 Å².